The zero-order valence-electron chi connectivity index (χ0n) is 10.4. The molecule has 0 aromatic heterocycles. The molecule has 1 heterocycles. The zero-order chi connectivity index (χ0) is 12.7. The Balaban J connectivity index is 2.05. The standard InChI is InChI=1S/C11H21N3O3/c1-8(2)13-10(15)3-5-12-11(16)14-9-4-6-17-7-9/h8-9H,3-7H2,1-2H3,(H,13,15)(H2,12,14,16). The lowest BCUT2D eigenvalue weighted by molar-refractivity contribution is -0.121. The molecule has 6 nitrogen and oxygen atoms in total. The number of amides is 3. The summed E-state index contributed by atoms with van der Waals surface area (Å²) in [6, 6.07) is -0.00991. The molecule has 0 aliphatic carbocycles. The first kappa shape index (κ1) is 13.8. The summed E-state index contributed by atoms with van der Waals surface area (Å²) < 4.78 is 5.14. The third kappa shape index (κ3) is 6.11. The summed E-state index contributed by atoms with van der Waals surface area (Å²) in [5, 5.41) is 8.19. The van der Waals surface area contributed by atoms with Crippen LogP contribution in [0.3, 0.4) is 0 Å². The first-order valence-corrected chi connectivity index (χ1v) is 5.99. The highest BCUT2D eigenvalue weighted by Gasteiger charge is 2.17. The predicted octanol–water partition coefficient (Wildman–Crippen LogP) is -0.0108. The quantitative estimate of drug-likeness (QED) is 0.635. The molecule has 1 fully saturated rings. The topological polar surface area (TPSA) is 79.5 Å². The third-order valence-corrected chi connectivity index (χ3v) is 2.35. The number of carbonyl (C=O) groups is 2. The molecule has 3 N–H and O–H groups in total. The molecule has 0 saturated carbocycles. The summed E-state index contributed by atoms with van der Waals surface area (Å²) in [6.07, 6.45) is 1.15. The minimum absolute atomic E-state index is 0.0514. The first-order chi connectivity index (χ1) is 8.08. The molecule has 1 rings (SSSR count). The van der Waals surface area contributed by atoms with Gasteiger partial charge in [-0.05, 0) is 20.3 Å². The molecule has 1 aliphatic rings. The number of nitrogens with one attached hydrogen (secondary N) is 3. The zero-order valence-corrected chi connectivity index (χ0v) is 10.4. The van der Waals surface area contributed by atoms with Gasteiger partial charge in [-0.15, -0.1) is 0 Å². The van der Waals surface area contributed by atoms with Crippen LogP contribution in [0.5, 0.6) is 0 Å². The molecule has 1 saturated heterocycles. The van der Waals surface area contributed by atoms with Crippen LogP contribution in [-0.4, -0.2) is 43.8 Å². The Labute approximate surface area is 101 Å². The van der Waals surface area contributed by atoms with Crippen LogP contribution in [0.25, 0.3) is 0 Å². The van der Waals surface area contributed by atoms with Gasteiger partial charge in [-0.2, -0.15) is 0 Å². The number of urea groups is 1. The Hall–Kier alpha value is -1.30. The monoisotopic (exact) mass is 243 g/mol. The van der Waals surface area contributed by atoms with E-state index in [1.807, 2.05) is 13.8 Å². The maximum Gasteiger partial charge on any atom is 0.315 e. The first-order valence-electron chi connectivity index (χ1n) is 5.99. The summed E-state index contributed by atoms with van der Waals surface area (Å²) in [5.41, 5.74) is 0. The molecule has 1 aliphatic heterocycles. The predicted molar refractivity (Wildman–Crippen MR) is 63.7 cm³/mol. The number of ether oxygens (including phenoxy) is 1. The SMILES string of the molecule is CC(C)NC(=O)CCNC(=O)NC1CCOC1. The van der Waals surface area contributed by atoms with Crippen molar-refractivity contribution in [2.75, 3.05) is 19.8 Å². The molecule has 0 spiro atoms. The van der Waals surface area contributed by atoms with Crippen molar-refractivity contribution in [1.29, 1.82) is 0 Å². The summed E-state index contributed by atoms with van der Waals surface area (Å²) in [6.45, 7) is 5.41. The van der Waals surface area contributed by atoms with Crippen molar-refractivity contribution in [1.82, 2.24) is 16.0 Å². The largest absolute Gasteiger partial charge is 0.379 e. The van der Waals surface area contributed by atoms with Gasteiger partial charge in [0.1, 0.15) is 0 Å². The van der Waals surface area contributed by atoms with Crippen molar-refractivity contribution in [3.63, 3.8) is 0 Å². The van der Waals surface area contributed by atoms with Crippen LogP contribution in [0.15, 0.2) is 0 Å². The molecule has 1 unspecified atom stereocenters. The third-order valence-electron chi connectivity index (χ3n) is 2.35. The van der Waals surface area contributed by atoms with E-state index in [1.165, 1.54) is 0 Å². The van der Waals surface area contributed by atoms with Crippen LogP contribution in [0.2, 0.25) is 0 Å². The maximum atomic E-state index is 11.4. The smallest absolute Gasteiger partial charge is 0.315 e. The van der Waals surface area contributed by atoms with Crippen molar-refractivity contribution in [2.24, 2.45) is 0 Å². The molecule has 3 amide bonds. The lowest BCUT2D eigenvalue weighted by Crippen LogP contribution is -2.43. The van der Waals surface area contributed by atoms with E-state index in [9.17, 15) is 9.59 Å². The molecule has 98 valence electrons. The van der Waals surface area contributed by atoms with Crippen LogP contribution in [0.1, 0.15) is 26.7 Å². The lowest BCUT2D eigenvalue weighted by Gasteiger charge is -2.12. The van der Waals surface area contributed by atoms with E-state index >= 15 is 0 Å². The second-order valence-corrected chi connectivity index (χ2v) is 4.43. The van der Waals surface area contributed by atoms with E-state index in [2.05, 4.69) is 16.0 Å². The Morgan fingerprint density at radius 3 is 2.76 bits per heavy atom. The number of carbonyl (C=O) groups excluding carboxylic acids is 2. The summed E-state index contributed by atoms with van der Waals surface area (Å²) >= 11 is 0. The normalized spacial score (nSPS) is 19.1. The minimum atomic E-state index is -0.238. The van der Waals surface area contributed by atoms with Crippen molar-refractivity contribution >= 4 is 11.9 Å². The van der Waals surface area contributed by atoms with Crippen molar-refractivity contribution in [3.8, 4) is 0 Å². The molecule has 6 heteroatoms. The molecule has 0 bridgehead atoms. The van der Waals surface area contributed by atoms with Gasteiger partial charge in [0.15, 0.2) is 0 Å². The minimum Gasteiger partial charge on any atom is -0.379 e. The van der Waals surface area contributed by atoms with Gasteiger partial charge in [0.2, 0.25) is 5.91 Å². The average molecular weight is 243 g/mol. The summed E-state index contributed by atoms with van der Waals surface area (Å²) in [4.78, 5) is 22.7. The fraction of sp³-hybridized carbons (Fsp3) is 0.818. The van der Waals surface area contributed by atoms with Crippen LogP contribution >= 0.6 is 0 Å². The number of rotatable bonds is 5. The van der Waals surface area contributed by atoms with Gasteiger partial charge >= 0.3 is 6.03 Å². The molecular weight excluding hydrogens is 222 g/mol. The highest BCUT2D eigenvalue weighted by molar-refractivity contribution is 5.78. The summed E-state index contributed by atoms with van der Waals surface area (Å²) in [7, 11) is 0. The van der Waals surface area contributed by atoms with Crippen LogP contribution in [0.4, 0.5) is 4.79 Å². The number of hydrogen-bond acceptors (Lipinski definition) is 3. The van der Waals surface area contributed by atoms with Gasteiger partial charge in [0.25, 0.3) is 0 Å². The van der Waals surface area contributed by atoms with E-state index in [0.29, 0.717) is 26.2 Å². The maximum absolute atomic E-state index is 11.4. The van der Waals surface area contributed by atoms with Crippen LogP contribution < -0.4 is 16.0 Å². The van der Waals surface area contributed by atoms with Gasteiger partial charge in [0, 0.05) is 25.6 Å². The second kappa shape index (κ2) is 7.11. The molecule has 1 atom stereocenters. The molecule has 17 heavy (non-hydrogen) atoms. The van der Waals surface area contributed by atoms with E-state index in [-0.39, 0.29) is 24.0 Å². The average Bonchev–Trinajstić information content (AvgIpc) is 2.69. The second-order valence-electron chi connectivity index (χ2n) is 4.43. The highest BCUT2D eigenvalue weighted by atomic mass is 16.5. The van der Waals surface area contributed by atoms with Crippen molar-refractivity contribution in [3.05, 3.63) is 0 Å². The Morgan fingerprint density at radius 2 is 2.18 bits per heavy atom. The molecular formula is C11H21N3O3. The van der Waals surface area contributed by atoms with Crippen molar-refractivity contribution in [2.45, 2.75) is 38.8 Å². The molecule has 0 aromatic rings. The number of hydrogen-bond donors (Lipinski definition) is 3. The van der Waals surface area contributed by atoms with Gasteiger partial charge < -0.3 is 20.7 Å². The highest BCUT2D eigenvalue weighted by Crippen LogP contribution is 2.02. The van der Waals surface area contributed by atoms with Crippen LogP contribution in [-0.2, 0) is 9.53 Å². The molecule has 0 aromatic carbocycles. The Kier molecular flexibility index (Phi) is 5.76. The van der Waals surface area contributed by atoms with Gasteiger partial charge in [-0.25, -0.2) is 4.79 Å². The van der Waals surface area contributed by atoms with Gasteiger partial charge in [0.05, 0.1) is 12.6 Å². The fourth-order valence-electron chi connectivity index (χ4n) is 1.57. The van der Waals surface area contributed by atoms with E-state index in [1.54, 1.807) is 0 Å². The van der Waals surface area contributed by atoms with Crippen LogP contribution in [0, 0.1) is 0 Å². The van der Waals surface area contributed by atoms with E-state index in [4.69, 9.17) is 4.74 Å². The van der Waals surface area contributed by atoms with Crippen molar-refractivity contribution < 1.29 is 14.3 Å². The Bertz CT molecular complexity index is 263. The summed E-state index contributed by atoms with van der Waals surface area (Å²) in [5.74, 6) is -0.0514. The van der Waals surface area contributed by atoms with Gasteiger partial charge in [-0.3, -0.25) is 4.79 Å². The van der Waals surface area contributed by atoms with E-state index in [0.717, 1.165) is 6.42 Å². The fourth-order valence-corrected chi connectivity index (χ4v) is 1.57. The Morgan fingerprint density at radius 1 is 1.41 bits per heavy atom. The molecule has 0 radical (unpaired) electrons. The van der Waals surface area contributed by atoms with Gasteiger partial charge in [-0.1, -0.05) is 0 Å². The lowest BCUT2D eigenvalue weighted by atomic mass is 10.3. The van der Waals surface area contributed by atoms with E-state index < -0.39 is 0 Å².